The monoisotopic (exact) mass is 327 g/mol. The molecule has 0 aliphatic heterocycles. The number of hydrogen-bond acceptors (Lipinski definition) is 2. The van der Waals surface area contributed by atoms with Crippen LogP contribution < -0.4 is 4.90 Å². The first kappa shape index (κ1) is 16.8. The Hall–Kier alpha value is -3.02. The fourth-order valence-electron chi connectivity index (χ4n) is 3.01. The van der Waals surface area contributed by atoms with E-state index in [1.165, 1.54) is 0 Å². The van der Waals surface area contributed by atoms with Gasteiger partial charge in [-0.25, -0.2) is 0 Å². The lowest BCUT2D eigenvalue weighted by Crippen LogP contribution is -2.25. The molecule has 0 fully saturated rings. The zero-order chi connectivity index (χ0) is 17.9. The lowest BCUT2D eigenvalue weighted by molar-refractivity contribution is 0.145. The van der Waals surface area contributed by atoms with E-state index >= 15 is 0 Å². The van der Waals surface area contributed by atoms with Gasteiger partial charge in [0.25, 0.3) is 0 Å². The number of terminal acetylenes is 1. The Kier molecular flexibility index (Phi) is 4.61. The van der Waals surface area contributed by atoms with Crippen LogP contribution in [0.15, 0.2) is 78.9 Å². The average molecular weight is 327 g/mol. The molecule has 0 radical (unpaired) electrons. The van der Waals surface area contributed by atoms with E-state index in [2.05, 4.69) is 23.0 Å². The van der Waals surface area contributed by atoms with Gasteiger partial charge in [-0.15, -0.1) is 6.42 Å². The SMILES string of the molecule is C#CC(O)(c1ccccc1)c1ccc(N(C)C)c(-c2ccccc2)c1. The molecule has 0 heterocycles. The Morgan fingerprint density at radius 3 is 2.00 bits per heavy atom. The smallest absolute Gasteiger partial charge is 0.176 e. The molecule has 0 aromatic heterocycles. The van der Waals surface area contributed by atoms with E-state index in [-0.39, 0.29) is 0 Å². The highest BCUT2D eigenvalue weighted by molar-refractivity contribution is 5.79. The molecule has 2 heteroatoms. The third kappa shape index (κ3) is 3.15. The number of aliphatic hydroxyl groups is 1. The lowest BCUT2D eigenvalue weighted by atomic mass is 9.85. The first-order valence-electron chi connectivity index (χ1n) is 8.19. The molecule has 3 aromatic rings. The van der Waals surface area contributed by atoms with Gasteiger partial charge in [0, 0.05) is 36.5 Å². The summed E-state index contributed by atoms with van der Waals surface area (Å²) in [6.45, 7) is 0. The van der Waals surface area contributed by atoms with Crippen LogP contribution in [0.3, 0.4) is 0 Å². The Morgan fingerprint density at radius 2 is 1.44 bits per heavy atom. The van der Waals surface area contributed by atoms with Crippen LogP contribution in [-0.2, 0) is 5.60 Å². The second-order valence-corrected chi connectivity index (χ2v) is 6.21. The summed E-state index contributed by atoms with van der Waals surface area (Å²) in [4.78, 5) is 2.06. The molecule has 1 unspecified atom stereocenters. The number of benzene rings is 3. The van der Waals surface area contributed by atoms with Gasteiger partial charge in [-0.2, -0.15) is 0 Å². The number of hydrogen-bond donors (Lipinski definition) is 1. The normalized spacial score (nSPS) is 12.9. The van der Waals surface area contributed by atoms with Gasteiger partial charge >= 0.3 is 0 Å². The van der Waals surface area contributed by atoms with Crippen molar-refractivity contribution in [3.63, 3.8) is 0 Å². The maximum atomic E-state index is 11.2. The van der Waals surface area contributed by atoms with Crippen LogP contribution >= 0.6 is 0 Å². The summed E-state index contributed by atoms with van der Waals surface area (Å²) in [6.07, 6.45) is 5.75. The van der Waals surface area contributed by atoms with Crippen molar-refractivity contribution in [1.82, 2.24) is 0 Å². The molecule has 124 valence electrons. The van der Waals surface area contributed by atoms with Crippen molar-refractivity contribution in [3.8, 4) is 23.5 Å². The largest absolute Gasteiger partial charge is 0.377 e. The van der Waals surface area contributed by atoms with Crippen molar-refractivity contribution >= 4 is 5.69 Å². The molecule has 0 amide bonds. The Morgan fingerprint density at radius 1 is 0.840 bits per heavy atom. The molecule has 3 rings (SSSR count). The van der Waals surface area contributed by atoms with Gasteiger partial charge in [-0.3, -0.25) is 0 Å². The third-order valence-electron chi connectivity index (χ3n) is 4.38. The Balaban J connectivity index is 2.20. The average Bonchev–Trinajstić information content (AvgIpc) is 2.68. The van der Waals surface area contributed by atoms with E-state index in [4.69, 9.17) is 6.42 Å². The van der Waals surface area contributed by atoms with Crippen LogP contribution in [0, 0.1) is 12.3 Å². The molecule has 3 aromatic carbocycles. The zero-order valence-electron chi connectivity index (χ0n) is 14.5. The quantitative estimate of drug-likeness (QED) is 0.723. The third-order valence-corrected chi connectivity index (χ3v) is 4.38. The van der Waals surface area contributed by atoms with Crippen LogP contribution in [0.25, 0.3) is 11.1 Å². The van der Waals surface area contributed by atoms with Crippen LogP contribution in [0.5, 0.6) is 0 Å². The van der Waals surface area contributed by atoms with Crippen molar-refractivity contribution in [2.75, 3.05) is 19.0 Å². The van der Waals surface area contributed by atoms with Gasteiger partial charge in [0.05, 0.1) is 0 Å². The van der Waals surface area contributed by atoms with E-state index in [0.29, 0.717) is 11.1 Å². The molecule has 0 spiro atoms. The molecule has 0 bridgehead atoms. The maximum absolute atomic E-state index is 11.2. The number of nitrogens with zero attached hydrogens (tertiary/aromatic N) is 1. The summed E-state index contributed by atoms with van der Waals surface area (Å²) in [5, 5.41) is 11.2. The molecule has 1 atom stereocenters. The molecule has 0 aliphatic carbocycles. The first-order valence-corrected chi connectivity index (χ1v) is 8.19. The van der Waals surface area contributed by atoms with Gasteiger partial charge in [-0.1, -0.05) is 72.7 Å². The van der Waals surface area contributed by atoms with Crippen molar-refractivity contribution in [2.24, 2.45) is 0 Å². The van der Waals surface area contributed by atoms with Crippen molar-refractivity contribution in [1.29, 1.82) is 0 Å². The minimum absolute atomic E-state index is 0.686. The van der Waals surface area contributed by atoms with Gasteiger partial charge in [-0.05, 0) is 17.7 Å². The molecular weight excluding hydrogens is 306 g/mol. The fraction of sp³-hybridized carbons (Fsp3) is 0.130. The van der Waals surface area contributed by atoms with Crippen LogP contribution in [0.1, 0.15) is 11.1 Å². The second-order valence-electron chi connectivity index (χ2n) is 6.21. The summed E-state index contributed by atoms with van der Waals surface area (Å²) in [6, 6.07) is 25.4. The molecule has 0 saturated carbocycles. The van der Waals surface area contributed by atoms with E-state index in [1.54, 1.807) is 0 Å². The maximum Gasteiger partial charge on any atom is 0.176 e. The molecule has 0 aliphatic rings. The van der Waals surface area contributed by atoms with Gasteiger partial charge < -0.3 is 10.0 Å². The zero-order valence-corrected chi connectivity index (χ0v) is 14.5. The molecular formula is C23H21NO. The molecule has 0 saturated heterocycles. The topological polar surface area (TPSA) is 23.5 Å². The summed E-state index contributed by atoms with van der Waals surface area (Å²) in [5.74, 6) is 2.58. The van der Waals surface area contributed by atoms with Crippen LogP contribution in [0.4, 0.5) is 5.69 Å². The minimum atomic E-state index is -1.46. The highest BCUT2D eigenvalue weighted by Gasteiger charge is 2.30. The van der Waals surface area contributed by atoms with E-state index in [1.807, 2.05) is 80.8 Å². The van der Waals surface area contributed by atoms with Gasteiger partial charge in [0.1, 0.15) is 0 Å². The second kappa shape index (κ2) is 6.84. The molecule has 25 heavy (non-hydrogen) atoms. The number of rotatable bonds is 4. The van der Waals surface area contributed by atoms with Crippen LogP contribution in [-0.4, -0.2) is 19.2 Å². The first-order chi connectivity index (χ1) is 12.1. The number of anilines is 1. The summed E-state index contributed by atoms with van der Waals surface area (Å²) >= 11 is 0. The van der Waals surface area contributed by atoms with Gasteiger partial charge in [0.15, 0.2) is 5.60 Å². The van der Waals surface area contributed by atoms with Gasteiger partial charge in [0.2, 0.25) is 0 Å². The predicted molar refractivity (Wildman–Crippen MR) is 104 cm³/mol. The Bertz CT molecular complexity index is 894. The molecule has 1 N–H and O–H groups in total. The van der Waals surface area contributed by atoms with Crippen LogP contribution in [0.2, 0.25) is 0 Å². The highest BCUT2D eigenvalue weighted by Crippen LogP contribution is 2.36. The standard InChI is InChI=1S/C23H21NO/c1-4-23(25,19-13-9-6-10-14-19)20-15-16-22(24(2)3)21(17-20)18-11-7-5-8-12-18/h1,5-17,25H,2-3H3. The summed E-state index contributed by atoms with van der Waals surface area (Å²) in [5.41, 5.74) is 3.10. The lowest BCUT2D eigenvalue weighted by Gasteiger charge is -2.26. The van der Waals surface area contributed by atoms with Crippen molar-refractivity contribution in [2.45, 2.75) is 5.60 Å². The fourth-order valence-corrected chi connectivity index (χ4v) is 3.01. The predicted octanol–water partition coefficient (Wildman–Crippen LogP) is 4.29. The van der Waals surface area contributed by atoms with E-state index < -0.39 is 5.60 Å². The summed E-state index contributed by atoms with van der Waals surface area (Å²) < 4.78 is 0. The van der Waals surface area contributed by atoms with Crippen molar-refractivity contribution < 1.29 is 5.11 Å². The minimum Gasteiger partial charge on any atom is -0.377 e. The highest BCUT2D eigenvalue weighted by atomic mass is 16.3. The molecule has 2 nitrogen and oxygen atoms in total. The van der Waals surface area contributed by atoms with Crippen molar-refractivity contribution in [3.05, 3.63) is 90.0 Å². The van der Waals surface area contributed by atoms with E-state index in [0.717, 1.165) is 16.8 Å². The van der Waals surface area contributed by atoms with E-state index in [9.17, 15) is 5.11 Å². The summed E-state index contributed by atoms with van der Waals surface area (Å²) in [7, 11) is 4.01. The Labute approximate surface area is 149 Å².